The Hall–Kier alpha value is -3.99. The standard InChI is InChI=1S/C23H21N3O7S/c1-2-31-22(29)25-16-6-4-15(5-7-16)20(27)24-9-10-26-21(28)19(34-23(26)30)12-14-3-8-17-18(11-14)33-13-32-17/h3-8,11-12H,2,9-10,13H2,1H3,(H,24,27)(H,25,29)/b19-12-. The minimum atomic E-state index is -0.579. The van der Waals surface area contributed by atoms with E-state index in [0.717, 1.165) is 16.7 Å². The number of imide groups is 1. The molecule has 0 aliphatic carbocycles. The third-order valence-corrected chi connectivity index (χ3v) is 5.77. The number of rotatable bonds is 7. The quantitative estimate of drug-likeness (QED) is 0.574. The number of thioether (sulfide) groups is 1. The number of nitrogens with one attached hydrogen (secondary N) is 2. The highest BCUT2D eigenvalue weighted by molar-refractivity contribution is 8.18. The zero-order chi connectivity index (χ0) is 24.1. The van der Waals surface area contributed by atoms with Crippen molar-refractivity contribution in [1.82, 2.24) is 10.2 Å². The van der Waals surface area contributed by atoms with E-state index in [1.165, 1.54) is 0 Å². The fraction of sp³-hybridized carbons (Fsp3) is 0.217. The number of hydrogen-bond donors (Lipinski definition) is 2. The Balaban J connectivity index is 1.29. The van der Waals surface area contributed by atoms with Crippen molar-refractivity contribution >= 4 is 46.7 Å². The first-order chi connectivity index (χ1) is 16.4. The maximum absolute atomic E-state index is 12.7. The van der Waals surface area contributed by atoms with Crippen LogP contribution in [0.5, 0.6) is 11.5 Å². The van der Waals surface area contributed by atoms with E-state index in [4.69, 9.17) is 14.2 Å². The van der Waals surface area contributed by atoms with Crippen LogP contribution in [0, 0.1) is 0 Å². The number of ether oxygens (including phenoxy) is 3. The summed E-state index contributed by atoms with van der Waals surface area (Å²) in [5, 5.41) is 4.82. The van der Waals surface area contributed by atoms with Crippen molar-refractivity contribution in [2.24, 2.45) is 0 Å². The number of anilines is 1. The zero-order valence-corrected chi connectivity index (χ0v) is 19.0. The van der Waals surface area contributed by atoms with Crippen molar-refractivity contribution in [3.05, 3.63) is 58.5 Å². The Kier molecular flexibility index (Phi) is 7.02. The molecule has 0 saturated carbocycles. The van der Waals surface area contributed by atoms with Gasteiger partial charge in [-0.25, -0.2) is 4.79 Å². The second kappa shape index (κ2) is 10.3. The molecule has 1 saturated heterocycles. The van der Waals surface area contributed by atoms with Crippen LogP contribution >= 0.6 is 11.8 Å². The van der Waals surface area contributed by atoms with Gasteiger partial charge < -0.3 is 19.5 Å². The molecule has 0 spiro atoms. The number of carbonyl (C=O) groups excluding carboxylic acids is 4. The lowest BCUT2D eigenvalue weighted by molar-refractivity contribution is -0.122. The minimum Gasteiger partial charge on any atom is -0.454 e. The highest BCUT2D eigenvalue weighted by Gasteiger charge is 2.34. The van der Waals surface area contributed by atoms with Gasteiger partial charge in [0.25, 0.3) is 17.1 Å². The molecule has 0 unspecified atom stereocenters. The summed E-state index contributed by atoms with van der Waals surface area (Å²) in [6.07, 6.45) is 1.04. The van der Waals surface area contributed by atoms with E-state index in [0.29, 0.717) is 33.2 Å². The van der Waals surface area contributed by atoms with Crippen LogP contribution in [0.1, 0.15) is 22.8 Å². The van der Waals surface area contributed by atoms with Gasteiger partial charge in [0, 0.05) is 24.3 Å². The summed E-state index contributed by atoms with van der Waals surface area (Å²) in [7, 11) is 0. The monoisotopic (exact) mass is 483 g/mol. The van der Waals surface area contributed by atoms with Crippen molar-refractivity contribution in [1.29, 1.82) is 0 Å². The normalized spacial score (nSPS) is 15.6. The summed E-state index contributed by atoms with van der Waals surface area (Å²) < 4.78 is 15.4. The molecular formula is C23H21N3O7S. The lowest BCUT2D eigenvalue weighted by Gasteiger charge is -2.13. The molecule has 2 N–H and O–H groups in total. The van der Waals surface area contributed by atoms with Gasteiger partial charge in [-0.3, -0.25) is 24.6 Å². The summed E-state index contributed by atoms with van der Waals surface area (Å²) >= 11 is 0.844. The molecule has 0 aromatic heterocycles. The number of nitrogens with zero attached hydrogens (tertiary/aromatic N) is 1. The van der Waals surface area contributed by atoms with Gasteiger partial charge in [0.05, 0.1) is 11.5 Å². The van der Waals surface area contributed by atoms with Crippen molar-refractivity contribution in [3.63, 3.8) is 0 Å². The molecule has 2 heterocycles. The molecule has 0 atom stereocenters. The van der Waals surface area contributed by atoms with E-state index in [9.17, 15) is 19.2 Å². The number of carbonyl (C=O) groups is 4. The van der Waals surface area contributed by atoms with E-state index in [1.807, 2.05) is 0 Å². The van der Waals surface area contributed by atoms with Crippen LogP contribution in [0.25, 0.3) is 6.08 Å². The Labute approximate surface area is 199 Å². The molecule has 2 aromatic carbocycles. The molecule has 0 radical (unpaired) electrons. The smallest absolute Gasteiger partial charge is 0.411 e. The lowest BCUT2D eigenvalue weighted by atomic mass is 10.2. The second-order valence-electron chi connectivity index (χ2n) is 7.12. The molecule has 176 valence electrons. The van der Waals surface area contributed by atoms with Crippen molar-refractivity contribution in [2.75, 3.05) is 31.8 Å². The zero-order valence-electron chi connectivity index (χ0n) is 18.2. The summed E-state index contributed by atoms with van der Waals surface area (Å²) in [4.78, 5) is 50.2. The van der Waals surface area contributed by atoms with Gasteiger partial charge in [0.15, 0.2) is 11.5 Å². The number of amides is 4. The minimum absolute atomic E-state index is 0.0391. The van der Waals surface area contributed by atoms with Crippen LogP contribution in [0.2, 0.25) is 0 Å². The van der Waals surface area contributed by atoms with E-state index in [2.05, 4.69) is 10.6 Å². The Bertz CT molecular complexity index is 1160. The summed E-state index contributed by atoms with van der Waals surface area (Å²) in [6, 6.07) is 11.5. The molecular weight excluding hydrogens is 462 g/mol. The third kappa shape index (κ3) is 5.31. The highest BCUT2D eigenvalue weighted by Crippen LogP contribution is 2.36. The number of fused-ring (bicyclic) bond motifs is 1. The molecule has 2 aliphatic rings. The summed E-state index contributed by atoms with van der Waals surface area (Å²) in [5.41, 5.74) is 1.57. The van der Waals surface area contributed by atoms with Crippen LogP contribution in [-0.2, 0) is 9.53 Å². The summed E-state index contributed by atoms with van der Waals surface area (Å²) in [5.74, 6) is 0.424. The summed E-state index contributed by atoms with van der Waals surface area (Å²) in [6.45, 7) is 2.23. The van der Waals surface area contributed by atoms with Gasteiger partial charge in [-0.2, -0.15) is 0 Å². The first kappa shape index (κ1) is 23.2. The van der Waals surface area contributed by atoms with Crippen LogP contribution in [0.4, 0.5) is 15.3 Å². The molecule has 11 heteroatoms. The molecule has 4 rings (SSSR count). The SMILES string of the molecule is CCOC(=O)Nc1ccc(C(=O)NCCN2C(=O)S/C(=C\c3ccc4c(c3)OCO4)C2=O)cc1. The predicted octanol–water partition coefficient (Wildman–Crippen LogP) is 3.45. The third-order valence-electron chi connectivity index (χ3n) is 4.86. The highest BCUT2D eigenvalue weighted by atomic mass is 32.2. The molecule has 10 nitrogen and oxygen atoms in total. The lowest BCUT2D eigenvalue weighted by Crippen LogP contribution is -2.37. The number of benzene rings is 2. The van der Waals surface area contributed by atoms with Crippen LogP contribution < -0.4 is 20.1 Å². The first-order valence-corrected chi connectivity index (χ1v) is 11.2. The predicted molar refractivity (Wildman–Crippen MR) is 125 cm³/mol. The molecule has 1 fully saturated rings. The van der Waals surface area contributed by atoms with E-state index in [1.54, 1.807) is 55.5 Å². The Morgan fingerprint density at radius 2 is 1.88 bits per heavy atom. The fourth-order valence-corrected chi connectivity index (χ4v) is 4.09. The number of hydrogen-bond acceptors (Lipinski definition) is 8. The van der Waals surface area contributed by atoms with Gasteiger partial charge in [-0.05, 0) is 66.7 Å². The Morgan fingerprint density at radius 1 is 1.12 bits per heavy atom. The van der Waals surface area contributed by atoms with E-state index < -0.39 is 17.2 Å². The van der Waals surface area contributed by atoms with Crippen LogP contribution in [0.3, 0.4) is 0 Å². The van der Waals surface area contributed by atoms with Gasteiger partial charge >= 0.3 is 6.09 Å². The van der Waals surface area contributed by atoms with Crippen molar-refractivity contribution < 1.29 is 33.4 Å². The van der Waals surface area contributed by atoms with Crippen molar-refractivity contribution in [3.8, 4) is 11.5 Å². The average molecular weight is 484 g/mol. The fourth-order valence-electron chi connectivity index (χ4n) is 3.22. The van der Waals surface area contributed by atoms with Gasteiger partial charge in [-0.1, -0.05) is 6.07 Å². The maximum atomic E-state index is 12.7. The van der Waals surface area contributed by atoms with Crippen LogP contribution in [-0.4, -0.2) is 54.5 Å². The maximum Gasteiger partial charge on any atom is 0.411 e. The van der Waals surface area contributed by atoms with Crippen LogP contribution in [0.15, 0.2) is 47.4 Å². The molecule has 2 aliphatic heterocycles. The van der Waals surface area contributed by atoms with Crippen molar-refractivity contribution in [2.45, 2.75) is 6.92 Å². The van der Waals surface area contributed by atoms with Gasteiger partial charge in [0.1, 0.15) is 0 Å². The van der Waals surface area contributed by atoms with Gasteiger partial charge in [-0.15, -0.1) is 0 Å². The first-order valence-electron chi connectivity index (χ1n) is 10.4. The van der Waals surface area contributed by atoms with E-state index in [-0.39, 0.29) is 32.4 Å². The molecule has 0 bridgehead atoms. The molecule has 34 heavy (non-hydrogen) atoms. The van der Waals surface area contributed by atoms with Gasteiger partial charge in [0.2, 0.25) is 6.79 Å². The molecule has 2 aromatic rings. The Morgan fingerprint density at radius 3 is 2.65 bits per heavy atom. The largest absolute Gasteiger partial charge is 0.454 e. The average Bonchev–Trinajstić information content (AvgIpc) is 3.39. The second-order valence-corrected chi connectivity index (χ2v) is 8.12. The molecule has 4 amide bonds. The topological polar surface area (TPSA) is 123 Å². The van der Waals surface area contributed by atoms with E-state index >= 15 is 0 Å².